The second-order valence-electron chi connectivity index (χ2n) is 9.56. The molecule has 0 aliphatic carbocycles. The Morgan fingerprint density at radius 2 is 1.39 bits per heavy atom. The van der Waals surface area contributed by atoms with Crippen molar-refractivity contribution in [2.45, 2.75) is 38.6 Å². The zero-order valence-corrected chi connectivity index (χ0v) is 22.8. The van der Waals surface area contributed by atoms with Gasteiger partial charge in [-0.05, 0) is 41.9 Å². The van der Waals surface area contributed by atoms with Crippen molar-refractivity contribution in [3.63, 3.8) is 0 Å². The van der Waals surface area contributed by atoms with Gasteiger partial charge in [0.15, 0.2) is 5.11 Å². The number of hydrogen-bond acceptors (Lipinski definition) is 4. The Labute approximate surface area is 231 Å². The molecule has 0 spiro atoms. The summed E-state index contributed by atoms with van der Waals surface area (Å²) in [7, 11) is 0. The summed E-state index contributed by atoms with van der Waals surface area (Å²) in [5.74, 6) is -0.150. The topological polar surface area (TPSA) is 64.7 Å². The Bertz CT molecular complexity index is 1170. The van der Waals surface area contributed by atoms with Crippen molar-refractivity contribution in [3.05, 3.63) is 102 Å². The number of para-hydroxylation sites is 1. The van der Waals surface area contributed by atoms with Gasteiger partial charge in [0, 0.05) is 32.6 Å². The van der Waals surface area contributed by atoms with Crippen molar-refractivity contribution in [1.82, 2.24) is 15.1 Å². The molecule has 6 nitrogen and oxygen atoms in total. The summed E-state index contributed by atoms with van der Waals surface area (Å²) in [5.41, 5.74) is 3.65. The average Bonchev–Trinajstić information content (AvgIpc) is 2.95. The van der Waals surface area contributed by atoms with Crippen LogP contribution in [0.25, 0.3) is 0 Å². The van der Waals surface area contributed by atoms with E-state index in [1.165, 1.54) is 11.1 Å². The van der Waals surface area contributed by atoms with Crippen molar-refractivity contribution in [1.29, 1.82) is 0 Å². The number of carbonyl (C=O) groups is 2. The Hall–Kier alpha value is -3.55. The van der Waals surface area contributed by atoms with E-state index in [0.29, 0.717) is 30.8 Å². The van der Waals surface area contributed by atoms with Crippen LogP contribution in [0, 0.1) is 0 Å². The number of nitrogens with one attached hydrogen (secondary N) is 2. The predicted octanol–water partition coefficient (Wildman–Crippen LogP) is 5.63. The smallest absolute Gasteiger partial charge is 0.256 e. The van der Waals surface area contributed by atoms with Crippen LogP contribution >= 0.6 is 12.2 Å². The van der Waals surface area contributed by atoms with Crippen LogP contribution in [-0.2, 0) is 4.79 Å². The maximum atomic E-state index is 13.6. The molecule has 38 heavy (non-hydrogen) atoms. The molecule has 1 aliphatic rings. The van der Waals surface area contributed by atoms with Crippen LogP contribution in [0.1, 0.15) is 60.1 Å². The lowest BCUT2D eigenvalue weighted by Crippen LogP contribution is -2.50. The van der Waals surface area contributed by atoms with E-state index in [1.807, 2.05) is 35.2 Å². The molecule has 7 heteroatoms. The zero-order chi connectivity index (χ0) is 26.7. The number of anilines is 1. The van der Waals surface area contributed by atoms with Crippen LogP contribution < -0.4 is 10.6 Å². The second kappa shape index (κ2) is 13.8. The molecule has 198 valence electrons. The highest BCUT2D eigenvalue weighted by Gasteiger charge is 2.29. The predicted molar refractivity (Wildman–Crippen MR) is 157 cm³/mol. The van der Waals surface area contributed by atoms with Crippen molar-refractivity contribution < 1.29 is 9.59 Å². The molecule has 0 bridgehead atoms. The van der Waals surface area contributed by atoms with E-state index >= 15 is 0 Å². The molecular formula is C31H36N4O2S. The van der Waals surface area contributed by atoms with Gasteiger partial charge < -0.3 is 15.5 Å². The van der Waals surface area contributed by atoms with E-state index in [-0.39, 0.29) is 23.0 Å². The molecule has 0 unspecified atom stereocenters. The van der Waals surface area contributed by atoms with E-state index < -0.39 is 0 Å². The zero-order valence-electron chi connectivity index (χ0n) is 21.9. The highest BCUT2D eigenvalue weighted by molar-refractivity contribution is 7.80. The number of rotatable bonds is 9. The summed E-state index contributed by atoms with van der Waals surface area (Å²) in [6, 6.07) is 28.5. The number of unbranched alkanes of at least 4 members (excludes halogenated alkanes) is 2. The quantitative estimate of drug-likeness (QED) is 0.279. The first-order valence-electron chi connectivity index (χ1n) is 13.4. The van der Waals surface area contributed by atoms with Crippen LogP contribution in [0.15, 0.2) is 84.9 Å². The highest BCUT2D eigenvalue weighted by Crippen LogP contribution is 2.30. The van der Waals surface area contributed by atoms with Gasteiger partial charge in [0.1, 0.15) is 0 Å². The monoisotopic (exact) mass is 528 g/mol. The number of thiocarbonyl (C=S) groups is 1. The molecule has 1 heterocycles. The lowest BCUT2D eigenvalue weighted by molar-refractivity contribution is -0.119. The third-order valence-corrected chi connectivity index (χ3v) is 7.07. The molecule has 3 aromatic rings. The van der Waals surface area contributed by atoms with E-state index in [4.69, 9.17) is 12.2 Å². The van der Waals surface area contributed by atoms with E-state index in [9.17, 15) is 9.59 Å². The van der Waals surface area contributed by atoms with Gasteiger partial charge in [-0.3, -0.25) is 14.5 Å². The van der Waals surface area contributed by atoms with Crippen LogP contribution in [0.5, 0.6) is 0 Å². The summed E-state index contributed by atoms with van der Waals surface area (Å²) in [4.78, 5) is 30.1. The molecule has 4 rings (SSSR count). The van der Waals surface area contributed by atoms with E-state index in [1.54, 1.807) is 6.07 Å². The van der Waals surface area contributed by atoms with Gasteiger partial charge in [0.25, 0.3) is 5.91 Å². The van der Waals surface area contributed by atoms with Crippen LogP contribution in [-0.4, -0.2) is 52.9 Å². The van der Waals surface area contributed by atoms with Gasteiger partial charge in [-0.1, -0.05) is 92.6 Å². The number of amides is 2. The normalized spacial score (nSPS) is 13.8. The second-order valence-corrected chi connectivity index (χ2v) is 9.97. The van der Waals surface area contributed by atoms with E-state index in [0.717, 1.165) is 32.4 Å². The SMILES string of the molecule is CCCCCC(=O)NC(=S)Nc1ccccc1C(=O)N1CCN(C(c2ccccc2)c2ccccc2)CC1. The van der Waals surface area contributed by atoms with Crippen molar-refractivity contribution >= 4 is 34.8 Å². The summed E-state index contributed by atoms with van der Waals surface area (Å²) in [6.45, 7) is 4.89. The lowest BCUT2D eigenvalue weighted by atomic mass is 9.96. The Balaban J connectivity index is 1.40. The number of piperazine rings is 1. The third-order valence-electron chi connectivity index (χ3n) is 6.86. The lowest BCUT2D eigenvalue weighted by Gasteiger charge is -2.40. The molecule has 0 saturated carbocycles. The Morgan fingerprint density at radius 1 is 0.816 bits per heavy atom. The molecule has 1 saturated heterocycles. The Kier molecular flexibility index (Phi) is 10.0. The molecule has 0 radical (unpaired) electrons. The number of benzene rings is 3. The maximum absolute atomic E-state index is 13.6. The largest absolute Gasteiger partial charge is 0.336 e. The summed E-state index contributed by atoms with van der Waals surface area (Å²) in [5, 5.41) is 6.01. The summed E-state index contributed by atoms with van der Waals surface area (Å²) >= 11 is 5.36. The first-order valence-corrected chi connectivity index (χ1v) is 13.8. The first kappa shape index (κ1) is 27.5. The van der Waals surface area contributed by atoms with Crippen LogP contribution in [0.4, 0.5) is 5.69 Å². The summed E-state index contributed by atoms with van der Waals surface area (Å²) in [6.07, 6.45) is 3.34. The molecular weight excluding hydrogens is 492 g/mol. The molecule has 0 aromatic heterocycles. The molecule has 1 fully saturated rings. The van der Waals surface area contributed by atoms with E-state index in [2.05, 4.69) is 71.0 Å². The molecule has 3 aromatic carbocycles. The van der Waals surface area contributed by atoms with Gasteiger partial charge in [0.2, 0.25) is 5.91 Å². The molecule has 2 N–H and O–H groups in total. The highest BCUT2D eigenvalue weighted by atomic mass is 32.1. The fourth-order valence-corrected chi connectivity index (χ4v) is 5.12. The van der Waals surface area contributed by atoms with Crippen molar-refractivity contribution in [2.75, 3.05) is 31.5 Å². The van der Waals surface area contributed by atoms with Gasteiger partial charge in [-0.15, -0.1) is 0 Å². The fourth-order valence-electron chi connectivity index (χ4n) is 4.90. The van der Waals surface area contributed by atoms with Gasteiger partial charge in [-0.25, -0.2) is 0 Å². The van der Waals surface area contributed by atoms with Crippen molar-refractivity contribution in [2.24, 2.45) is 0 Å². The van der Waals surface area contributed by atoms with Gasteiger partial charge >= 0.3 is 0 Å². The summed E-state index contributed by atoms with van der Waals surface area (Å²) < 4.78 is 0. The fraction of sp³-hybridized carbons (Fsp3) is 0.323. The third kappa shape index (κ3) is 7.27. The van der Waals surface area contributed by atoms with Gasteiger partial charge in [0.05, 0.1) is 17.3 Å². The number of hydrogen-bond donors (Lipinski definition) is 2. The Morgan fingerprint density at radius 3 is 2.00 bits per heavy atom. The standard InChI is InChI=1S/C31H36N4O2S/c1-2-3-6-19-28(36)33-31(38)32-27-18-12-11-17-26(27)30(37)35-22-20-34(21-23-35)29(24-13-7-4-8-14-24)25-15-9-5-10-16-25/h4-5,7-18,29H,2-3,6,19-23H2,1H3,(H2,32,33,36,38). The first-order chi connectivity index (χ1) is 18.6. The minimum Gasteiger partial charge on any atom is -0.336 e. The minimum absolute atomic E-state index is 0.0409. The molecule has 1 aliphatic heterocycles. The van der Waals surface area contributed by atoms with Crippen molar-refractivity contribution in [3.8, 4) is 0 Å². The molecule has 0 atom stereocenters. The minimum atomic E-state index is -0.109. The van der Waals surface area contributed by atoms with Gasteiger partial charge in [-0.2, -0.15) is 0 Å². The molecule has 2 amide bonds. The maximum Gasteiger partial charge on any atom is 0.256 e. The number of carbonyl (C=O) groups excluding carboxylic acids is 2. The van der Waals surface area contributed by atoms with Crippen LogP contribution in [0.3, 0.4) is 0 Å². The van der Waals surface area contributed by atoms with Crippen LogP contribution in [0.2, 0.25) is 0 Å². The number of nitrogens with zero attached hydrogens (tertiary/aromatic N) is 2. The average molecular weight is 529 g/mol.